The van der Waals surface area contributed by atoms with Gasteiger partial charge in [0.2, 0.25) is 0 Å². The average molecular weight is 409 g/mol. The van der Waals surface area contributed by atoms with Gasteiger partial charge in [0.15, 0.2) is 19.9 Å². The zero-order valence-electron chi connectivity index (χ0n) is 14.9. The monoisotopic (exact) mass is 408 g/mol. The Balaban J connectivity index is 1.64. The molecule has 2 amide bonds. The molecule has 1 aromatic heterocycles. The molecule has 2 aliphatic rings. The molecule has 9 heteroatoms. The number of halogens is 1. The zero-order valence-corrected chi connectivity index (χ0v) is 16.6. The van der Waals surface area contributed by atoms with Gasteiger partial charge in [-0.1, -0.05) is 6.07 Å². The van der Waals surface area contributed by atoms with E-state index in [0.29, 0.717) is 5.56 Å². The number of hydrogen-bond acceptors (Lipinski definition) is 4. The maximum Gasteiger partial charge on any atom is 0.354 e. The number of nitrogens with zero attached hydrogens (tertiary/aromatic N) is 1. The molecule has 0 aliphatic heterocycles. The topological polar surface area (TPSA) is 96.6 Å². The molecule has 1 heterocycles. The highest BCUT2D eigenvalue weighted by Gasteiger charge is 2.27. The van der Waals surface area contributed by atoms with E-state index in [-0.39, 0.29) is 10.8 Å². The first-order chi connectivity index (χ1) is 12.9. The number of benzene rings is 1. The van der Waals surface area contributed by atoms with Crippen molar-refractivity contribution < 1.29 is 13.4 Å². The zero-order chi connectivity index (χ0) is 19.2. The van der Waals surface area contributed by atoms with Crippen molar-refractivity contribution in [2.24, 2.45) is 9.50 Å². The van der Waals surface area contributed by atoms with Gasteiger partial charge in [-0.2, -0.15) is 0 Å². The van der Waals surface area contributed by atoms with Gasteiger partial charge in [0, 0.05) is 17.8 Å². The largest absolute Gasteiger partial charge is 0.354 e. The first kappa shape index (κ1) is 18.5. The van der Waals surface area contributed by atoms with Crippen LogP contribution in [-0.2, 0) is 42.1 Å². The number of nitrogens with one attached hydrogen (secondary N) is 2. The quantitative estimate of drug-likeness (QED) is 0.725. The van der Waals surface area contributed by atoms with Crippen LogP contribution in [0.5, 0.6) is 0 Å². The molecular weight excluding hydrogens is 387 g/mol. The summed E-state index contributed by atoms with van der Waals surface area (Å²) in [7, 11) is -1.97. The van der Waals surface area contributed by atoms with Crippen LogP contribution in [-0.4, -0.2) is 17.3 Å². The molecule has 4 N–H and O–H groups in total. The van der Waals surface area contributed by atoms with Gasteiger partial charge in [0.1, 0.15) is 0 Å². The minimum atomic E-state index is -3.65. The predicted octanol–water partition coefficient (Wildman–Crippen LogP) is 3.13. The number of rotatable bonds is 4. The molecule has 0 radical (unpaired) electrons. The summed E-state index contributed by atoms with van der Waals surface area (Å²) < 4.78 is 30.6. The molecule has 0 spiro atoms. The Kier molecular flexibility index (Phi) is 4.79. The summed E-state index contributed by atoms with van der Waals surface area (Å²) in [5.41, 5.74) is 5.92. The van der Waals surface area contributed by atoms with Crippen molar-refractivity contribution in [3.05, 3.63) is 45.1 Å². The Morgan fingerprint density at radius 3 is 2.74 bits per heavy atom. The number of carbonyl (C=O) groups is 1. The second-order valence-electron chi connectivity index (χ2n) is 6.86. The highest BCUT2D eigenvalue weighted by atomic mass is 32.2. The van der Waals surface area contributed by atoms with E-state index in [0.717, 1.165) is 60.3 Å². The van der Waals surface area contributed by atoms with Crippen molar-refractivity contribution in [1.29, 1.82) is 0 Å². The van der Waals surface area contributed by atoms with Crippen LogP contribution in [0, 0.1) is 5.82 Å². The van der Waals surface area contributed by atoms with Gasteiger partial charge in [0.25, 0.3) is 0 Å². The molecule has 0 bridgehead atoms. The van der Waals surface area contributed by atoms with Crippen molar-refractivity contribution in [3.63, 3.8) is 0 Å². The molecule has 6 nitrogen and oxygen atoms in total. The highest BCUT2D eigenvalue weighted by Crippen LogP contribution is 2.39. The number of nitrogens with two attached hydrogens (primary N) is 1. The number of fused-ring (bicyclic) bond motifs is 2. The maximum absolute atomic E-state index is 14.4. The third-order valence-corrected chi connectivity index (χ3v) is 8.05. The Bertz CT molecular complexity index is 1050. The van der Waals surface area contributed by atoms with Crippen molar-refractivity contribution in [3.8, 4) is 0 Å². The normalized spacial score (nSPS) is 16.9. The van der Waals surface area contributed by atoms with Crippen molar-refractivity contribution in [2.45, 2.75) is 42.9 Å². The van der Waals surface area contributed by atoms with Crippen molar-refractivity contribution >= 4 is 33.0 Å². The van der Waals surface area contributed by atoms with Crippen LogP contribution in [0.1, 0.15) is 34.2 Å². The van der Waals surface area contributed by atoms with E-state index in [4.69, 9.17) is 5.14 Å². The molecule has 1 unspecified atom stereocenters. The number of urea groups is 1. The van der Waals surface area contributed by atoms with E-state index in [1.54, 1.807) is 7.05 Å². The maximum atomic E-state index is 14.4. The van der Waals surface area contributed by atoms with E-state index in [9.17, 15) is 13.4 Å². The summed E-state index contributed by atoms with van der Waals surface area (Å²) in [5, 5.41) is 12.9. The minimum absolute atomic E-state index is 0.200. The Morgan fingerprint density at radius 1 is 1.30 bits per heavy atom. The van der Waals surface area contributed by atoms with Crippen LogP contribution in [0.15, 0.2) is 20.0 Å². The van der Waals surface area contributed by atoms with E-state index in [1.165, 1.54) is 16.5 Å². The summed E-state index contributed by atoms with van der Waals surface area (Å²) in [5.74, 6) is -0.664. The molecule has 1 atom stereocenters. The Labute approximate surface area is 161 Å². The van der Waals surface area contributed by atoms with Gasteiger partial charge in [-0.3, -0.25) is 0 Å². The molecule has 2 aromatic rings. The fraction of sp³-hybridized carbons (Fsp3) is 0.389. The molecule has 2 aliphatic carbocycles. The van der Waals surface area contributed by atoms with Gasteiger partial charge in [0.05, 0.1) is 0 Å². The molecule has 1 aromatic carbocycles. The lowest BCUT2D eigenvalue weighted by molar-refractivity contribution is 0.260. The lowest BCUT2D eigenvalue weighted by atomic mass is 9.83. The summed E-state index contributed by atoms with van der Waals surface area (Å²) in [6, 6.07) is 1.43. The Hall–Kier alpha value is -1.81. The van der Waals surface area contributed by atoms with E-state index < -0.39 is 21.8 Å². The van der Waals surface area contributed by atoms with Gasteiger partial charge < -0.3 is 10.6 Å². The summed E-state index contributed by atoms with van der Waals surface area (Å²) in [6.45, 7) is 0.284. The molecule has 0 saturated carbocycles. The second kappa shape index (κ2) is 6.97. The smallest absolute Gasteiger partial charge is 0.316 e. The fourth-order valence-electron chi connectivity index (χ4n) is 3.76. The van der Waals surface area contributed by atoms with E-state index in [1.807, 2.05) is 0 Å². The standard InChI is InChI=1S/C18H21FN4O2S2/c1-21-8-12-9-26-17(15(12)19)27(20,25)23-18(24)22-16-13-4-2-3-10(13)7-11-5-6-14(11)16/h7,9,21H,2-6,8H2,1H3,(H3,20,22,23,24,25). The van der Waals surface area contributed by atoms with Gasteiger partial charge in [-0.15, -0.1) is 15.7 Å². The number of hydrogen-bond donors (Lipinski definition) is 3. The fourth-order valence-corrected chi connectivity index (χ4v) is 6.00. The second-order valence-corrected chi connectivity index (χ2v) is 9.73. The molecule has 4 rings (SSSR count). The number of carbonyl (C=O) groups excluding carboxylic acids is 1. The van der Waals surface area contributed by atoms with Crippen LogP contribution < -0.4 is 15.8 Å². The molecule has 144 valence electrons. The van der Waals surface area contributed by atoms with Gasteiger partial charge in [-0.25, -0.2) is 18.5 Å². The highest BCUT2D eigenvalue weighted by molar-refractivity contribution is 7.93. The van der Waals surface area contributed by atoms with Crippen LogP contribution >= 0.6 is 11.3 Å². The molecule has 0 fully saturated rings. The number of amides is 2. The third-order valence-electron chi connectivity index (χ3n) is 5.10. The SMILES string of the molecule is CNCc1csc(S(N)(=O)=NC(=O)Nc2c3c(cc4c2CC4)CCC3)c1F. The first-order valence-corrected chi connectivity index (χ1v) is 11.3. The lowest BCUT2D eigenvalue weighted by Gasteiger charge is -2.25. The molecule has 27 heavy (non-hydrogen) atoms. The van der Waals surface area contributed by atoms with Crippen molar-refractivity contribution in [2.75, 3.05) is 12.4 Å². The summed E-state index contributed by atoms with van der Waals surface area (Å²) in [6.07, 6.45) is 4.88. The Morgan fingerprint density at radius 2 is 2.04 bits per heavy atom. The minimum Gasteiger partial charge on any atom is -0.316 e. The van der Waals surface area contributed by atoms with Crippen LogP contribution in [0.2, 0.25) is 0 Å². The van der Waals surface area contributed by atoms with Crippen LogP contribution in [0.4, 0.5) is 14.9 Å². The van der Waals surface area contributed by atoms with Crippen molar-refractivity contribution in [1.82, 2.24) is 5.32 Å². The number of aryl methyl sites for hydroxylation is 2. The molecule has 0 saturated heterocycles. The summed E-state index contributed by atoms with van der Waals surface area (Å²) in [4.78, 5) is 12.5. The average Bonchev–Trinajstić information content (AvgIpc) is 3.18. The number of thiophene rings is 1. The van der Waals surface area contributed by atoms with Gasteiger partial charge >= 0.3 is 6.03 Å². The van der Waals surface area contributed by atoms with E-state index in [2.05, 4.69) is 21.1 Å². The van der Waals surface area contributed by atoms with Crippen LogP contribution in [0.3, 0.4) is 0 Å². The van der Waals surface area contributed by atoms with Crippen LogP contribution in [0.25, 0.3) is 0 Å². The summed E-state index contributed by atoms with van der Waals surface area (Å²) >= 11 is 0.919. The lowest BCUT2D eigenvalue weighted by Crippen LogP contribution is -2.21. The van der Waals surface area contributed by atoms with Gasteiger partial charge in [-0.05, 0) is 66.8 Å². The predicted molar refractivity (Wildman–Crippen MR) is 105 cm³/mol. The number of anilines is 1. The third kappa shape index (κ3) is 3.29. The first-order valence-electron chi connectivity index (χ1n) is 8.83. The molecular formula is C18H21FN4O2S2. The van der Waals surface area contributed by atoms with E-state index >= 15 is 0 Å².